The molecule has 106 valence electrons. The first-order valence-electron chi connectivity index (χ1n) is 5.66. The molecule has 1 aromatic carbocycles. The Kier molecular flexibility index (Phi) is 5.51. The highest BCUT2D eigenvalue weighted by Gasteiger charge is 2.25. The molecule has 1 aromatic rings. The summed E-state index contributed by atoms with van der Waals surface area (Å²) in [6.45, 7) is 3.39. The molecule has 1 rings (SSSR count). The molecule has 0 fully saturated rings. The zero-order chi connectivity index (χ0) is 14.6. The van der Waals surface area contributed by atoms with Crippen molar-refractivity contribution in [3.63, 3.8) is 0 Å². The van der Waals surface area contributed by atoms with Gasteiger partial charge in [-0.2, -0.15) is 4.31 Å². The van der Waals surface area contributed by atoms with Crippen molar-refractivity contribution >= 4 is 31.9 Å². The average Bonchev–Trinajstić information content (AvgIpc) is 2.38. The summed E-state index contributed by atoms with van der Waals surface area (Å²) in [4.78, 5) is 11.4. The topological polar surface area (TPSA) is 63.7 Å². The van der Waals surface area contributed by atoms with E-state index >= 15 is 0 Å². The van der Waals surface area contributed by atoms with E-state index in [1.54, 1.807) is 26.0 Å². The summed E-state index contributed by atoms with van der Waals surface area (Å²) in [5.74, 6) is -0.584. The minimum absolute atomic E-state index is 0.166. The van der Waals surface area contributed by atoms with Crippen LogP contribution in [0, 0.1) is 6.92 Å². The van der Waals surface area contributed by atoms with Gasteiger partial charge in [-0.05, 0) is 30.7 Å². The lowest BCUT2D eigenvalue weighted by molar-refractivity contribution is -0.140. The molecule has 0 aromatic heterocycles. The van der Waals surface area contributed by atoms with Crippen molar-refractivity contribution in [1.82, 2.24) is 4.31 Å². The number of nitrogens with zero attached hydrogens (tertiary/aromatic N) is 1. The summed E-state index contributed by atoms with van der Waals surface area (Å²) in [6, 6.07) is 4.75. The predicted octanol–water partition coefficient (Wildman–Crippen LogP) is 1.94. The monoisotopic (exact) mass is 349 g/mol. The van der Waals surface area contributed by atoms with Crippen LogP contribution in [0.5, 0.6) is 0 Å². The Morgan fingerprint density at radius 1 is 1.42 bits per heavy atom. The quantitative estimate of drug-likeness (QED) is 0.762. The van der Waals surface area contributed by atoms with E-state index < -0.39 is 16.0 Å². The van der Waals surface area contributed by atoms with Gasteiger partial charge < -0.3 is 4.74 Å². The van der Waals surface area contributed by atoms with E-state index in [1.165, 1.54) is 13.2 Å². The molecule has 0 atom stereocenters. The maximum Gasteiger partial charge on any atom is 0.321 e. The summed E-state index contributed by atoms with van der Waals surface area (Å²) in [6.07, 6.45) is 0. The minimum Gasteiger partial charge on any atom is -0.468 e. The van der Waals surface area contributed by atoms with Gasteiger partial charge in [-0.25, -0.2) is 8.42 Å². The number of esters is 1. The van der Waals surface area contributed by atoms with Crippen molar-refractivity contribution < 1.29 is 17.9 Å². The van der Waals surface area contributed by atoms with Crippen molar-refractivity contribution in [2.75, 3.05) is 20.2 Å². The van der Waals surface area contributed by atoms with Gasteiger partial charge in [0.15, 0.2) is 0 Å². The van der Waals surface area contributed by atoms with Gasteiger partial charge in [0, 0.05) is 11.0 Å². The van der Waals surface area contributed by atoms with Crippen molar-refractivity contribution in [2.24, 2.45) is 0 Å². The second-order valence-electron chi connectivity index (χ2n) is 3.92. The Labute approximate surface area is 121 Å². The molecule has 0 unspecified atom stereocenters. The van der Waals surface area contributed by atoms with Gasteiger partial charge in [0.2, 0.25) is 10.0 Å². The fourth-order valence-corrected chi connectivity index (χ4v) is 3.23. The van der Waals surface area contributed by atoms with E-state index in [0.29, 0.717) is 0 Å². The average molecular weight is 350 g/mol. The molecule has 0 bridgehead atoms. The standard InChI is InChI=1S/C12H16BrNO4S/c1-4-14(8-12(15)18-3)19(16,17)10-5-6-11(13)9(2)7-10/h5-7H,4,8H2,1-3H3. The van der Waals surface area contributed by atoms with Gasteiger partial charge >= 0.3 is 5.97 Å². The van der Waals surface area contributed by atoms with Crippen LogP contribution in [-0.2, 0) is 19.6 Å². The Morgan fingerprint density at radius 2 is 2.05 bits per heavy atom. The molecule has 0 radical (unpaired) electrons. The highest BCUT2D eigenvalue weighted by Crippen LogP contribution is 2.22. The first kappa shape index (κ1) is 16.1. The summed E-state index contributed by atoms with van der Waals surface area (Å²) in [5.41, 5.74) is 0.815. The number of hydrogen-bond acceptors (Lipinski definition) is 4. The molecule has 19 heavy (non-hydrogen) atoms. The second kappa shape index (κ2) is 6.49. The Hall–Kier alpha value is -0.920. The van der Waals surface area contributed by atoms with Crippen LogP contribution in [0.25, 0.3) is 0 Å². The fourth-order valence-electron chi connectivity index (χ4n) is 1.50. The molecule has 0 saturated heterocycles. The third-order valence-electron chi connectivity index (χ3n) is 2.65. The Bertz CT molecular complexity index is 571. The van der Waals surface area contributed by atoms with Crippen molar-refractivity contribution in [2.45, 2.75) is 18.7 Å². The van der Waals surface area contributed by atoms with Crippen LogP contribution in [0.1, 0.15) is 12.5 Å². The third kappa shape index (κ3) is 3.77. The van der Waals surface area contributed by atoms with E-state index in [-0.39, 0.29) is 18.0 Å². The van der Waals surface area contributed by atoms with Crippen LogP contribution in [0.15, 0.2) is 27.6 Å². The van der Waals surface area contributed by atoms with Gasteiger partial charge in [0.25, 0.3) is 0 Å². The highest BCUT2D eigenvalue weighted by molar-refractivity contribution is 9.10. The zero-order valence-corrected chi connectivity index (χ0v) is 13.4. The van der Waals surface area contributed by atoms with E-state index in [2.05, 4.69) is 20.7 Å². The molecule has 5 nitrogen and oxygen atoms in total. The largest absolute Gasteiger partial charge is 0.468 e. The molecule has 0 saturated carbocycles. The summed E-state index contributed by atoms with van der Waals surface area (Å²) < 4.78 is 31.2. The summed E-state index contributed by atoms with van der Waals surface area (Å²) >= 11 is 3.32. The number of ether oxygens (including phenoxy) is 1. The molecule has 0 aliphatic rings. The zero-order valence-electron chi connectivity index (χ0n) is 11.0. The van der Waals surface area contributed by atoms with Crippen LogP contribution in [0.3, 0.4) is 0 Å². The van der Waals surface area contributed by atoms with Crippen LogP contribution in [-0.4, -0.2) is 38.9 Å². The number of likely N-dealkylation sites (N-methyl/N-ethyl adjacent to an activating group) is 1. The molecule has 0 spiro atoms. The lowest BCUT2D eigenvalue weighted by Gasteiger charge is -2.19. The van der Waals surface area contributed by atoms with Gasteiger partial charge in [0.05, 0.1) is 12.0 Å². The van der Waals surface area contributed by atoms with Gasteiger partial charge in [-0.15, -0.1) is 0 Å². The number of halogens is 1. The number of carbonyl (C=O) groups excluding carboxylic acids is 1. The van der Waals surface area contributed by atoms with Crippen LogP contribution < -0.4 is 0 Å². The van der Waals surface area contributed by atoms with Gasteiger partial charge in [-0.3, -0.25) is 4.79 Å². The minimum atomic E-state index is -3.68. The molecular weight excluding hydrogens is 334 g/mol. The maximum atomic E-state index is 12.4. The molecular formula is C12H16BrNO4S. The number of rotatable bonds is 5. The molecule has 0 aliphatic carbocycles. The first-order chi connectivity index (χ1) is 8.82. The SMILES string of the molecule is CCN(CC(=O)OC)S(=O)(=O)c1ccc(Br)c(C)c1. The Balaban J connectivity index is 3.13. The summed E-state index contributed by atoms with van der Waals surface area (Å²) in [5, 5.41) is 0. The smallest absolute Gasteiger partial charge is 0.321 e. The number of hydrogen-bond donors (Lipinski definition) is 0. The van der Waals surface area contributed by atoms with Gasteiger partial charge in [-0.1, -0.05) is 22.9 Å². The lowest BCUT2D eigenvalue weighted by Crippen LogP contribution is -2.36. The van der Waals surface area contributed by atoms with Crippen molar-refractivity contribution in [3.8, 4) is 0 Å². The molecule has 0 aliphatic heterocycles. The van der Waals surface area contributed by atoms with E-state index in [4.69, 9.17) is 0 Å². The lowest BCUT2D eigenvalue weighted by atomic mass is 10.2. The van der Waals surface area contributed by atoms with E-state index in [0.717, 1.165) is 14.3 Å². The normalized spacial score (nSPS) is 11.6. The molecule has 0 heterocycles. The fraction of sp³-hybridized carbons (Fsp3) is 0.417. The third-order valence-corrected chi connectivity index (χ3v) is 5.46. The maximum absolute atomic E-state index is 12.4. The van der Waals surface area contributed by atoms with Crippen molar-refractivity contribution in [1.29, 1.82) is 0 Å². The summed E-state index contributed by atoms with van der Waals surface area (Å²) in [7, 11) is -2.46. The molecule has 0 amide bonds. The number of methoxy groups -OCH3 is 1. The number of aryl methyl sites for hydroxylation is 1. The van der Waals surface area contributed by atoms with Gasteiger partial charge in [0.1, 0.15) is 6.54 Å². The number of sulfonamides is 1. The highest BCUT2D eigenvalue weighted by atomic mass is 79.9. The van der Waals surface area contributed by atoms with Crippen LogP contribution in [0.2, 0.25) is 0 Å². The van der Waals surface area contributed by atoms with Crippen LogP contribution >= 0.6 is 15.9 Å². The molecule has 7 heteroatoms. The van der Waals surface area contributed by atoms with Crippen molar-refractivity contribution in [3.05, 3.63) is 28.2 Å². The van der Waals surface area contributed by atoms with E-state index in [9.17, 15) is 13.2 Å². The number of benzene rings is 1. The molecule has 0 N–H and O–H groups in total. The number of carbonyl (C=O) groups is 1. The van der Waals surface area contributed by atoms with E-state index in [1.807, 2.05) is 0 Å². The second-order valence-corrected chi connectivity index (χ2v) is 6.71. The predicted molar refractivity (Wildman–Crippen MR) is 75.3 cm³/mol. The van der Waals surface area contributed by atoms with Crippen LogP contribution in [0.4, 0.5) is 0 Å². The first-order valence-corrected chi connectivity index (χ1v) is 7.89. The Morgan fingerprint density at radius 3 is 2.53 bits per heavy atom.